The first-order valence-electron chi connectivity index (χ1n) is 6.91. The maximum Gasteiger partial charge on any atom is 0.156 e. The van der Waals surface area contributed by atoms with Gasteiger partial charge in [-0.15, -0.1) is 0 Å². The van der Waals surface area contributed by atoms with Crippen LogP contribution in [0.2, 0.25) is 5.02 Å². The first-order valence-corrected chi connectivity index (χ1v) is 9.00. The Morgan fingerprint density at radius 2 is 2.00 bits per heavy atom. The van der Waals surface area contributed by atoms with Gasteiger partial charge in [0.25, 0.3) is 0 Å². The Bertz CT molecular complexity index is 805. The van der Waals surface area contributed by atoms with E-state index >= 15 is 0 Å². The molecular weight excluding hydrogens is 308 g/mol. The summed E-state index contributed by atoms with van der Waals surface area (Å²) in [5.74, 6) is 0.997. The number of nitrogens with zero attached hydrogens (tertiary/aromatic N) is 2. The van der Waals surface area contributed by atoms with Crippen molar-refractivity contribution in [1.29, 1.82) is 0 Å². The highest BCUT2D eigenvalue weighted by molar-refractivity contribution is 7.92. The van der Waals surface area contributed by atoms with Crippen LogP contribution in [0.5, 0.6) is 0 Å². The molecule has 0 radical (unpaired) electrons. The first kappa shape index (κ1) is 14.6. The molecule has 1 atom stereocenters. The fraction of sp³-hybridized carbons (Fsp3) is 0.400. The van der Waals surface area contributed by atoms with Crippen LogP contribution in [-0.4, -0.2) is 37.5 Å². The topological polar surface area (TPSA) is 50.3 Å². The van der Waals surface area contributed by atoms with Gasteiger partial charge in [-0.1, -0.05) is 17.7 Å². The third-order valence-electron chi connectivity index (χ3n) is 4.09. The number of benzene rings is 1. The van der Waals surface area contributed by atoms with Crippen LogP contribution in [0.4, 0.5) is 5.82 Å². The molecule has 1 aromatic heterocycles. The molecule has 1 saturated heterocycles. The maximum atomic E-state index is 11.8. The fourth-order valence-electron chi connectivity index (χ4n) is 2.63. The van der Waals surface area contributed by atoms with Crippen LogP contribution in [0.15, 0.2) is 24.3 Å². The number of fused-ring (bicyclic) bond motifs is 1. The van der Waals surface area contributed by atoms with E-state index in [1.807, 2.05) is 36.1 Å². The Labute approximate surface area is 129 Å². The fourth-order valence-corrected chi connectivity index (χ4v) is 4.07. The Balaban J connectivity index is 2.00. The van der Waals surface area contributed by atoms with Gasteiger partial charge in [0.1, 0.15) is 5.82 Å². The maximum absolute atomic E-state index is 11.8. The number of aryl methyl sites for hydroxylation is 1. The third-order valence-corrected chi connectivity index (χ3v) is 6.63. The molecule has 1 aromatic carbocycles. The first-order chi connectivity index (χ1) is 9.88. The van der Waals surface area contributed by atoms with E-state index in [-0.39, 0.29) is 11.0 Å². The highest BCUT2D eigenvalue weighted by atomic mass is 35.5. The van der Waals surface area contributed by atoms with Crippen LogP contribution in [0.3, 0.4) is 0 Å². The van der Waals surface area contributed by atoms with Gasteiger partial charge >= 0.3 is 0 Å². The Kier molecular flexibility index (Phi) is 3.58. The molecule has 1 unspecified atom stereocenters. The van der Waals surface area contributed by atoms with E-state index in [1.165, 1.54) is 0 Å². The van der Waals surface area contributed by atoms with Gasteiger partial charge in [-0.2, -0.15) is 0 Å². The average molecular weight is 325 g/mol. The highest BCUT2D eigenvalue weighted by Crippen LogP contribution is 2.27. The van der Waals surface area contributed by atoms with Gasteiger partial charge in [0.15, 0.2) is 9.84 Å². The molecule has 1 aliphatic rings. The SMILES string of the molecule is Cc1c(Cl)ccc2ccc(N3CCS(=O)(=O)C(C)C3)nc12. The monoisotopic (exact) mass is 324 g/mol. The summed E-state index contributed by atoms with van der Waals surface area (Å²) in [5.41, 5.74) is 1.83. The van der Waals surface area contributed by atoms with Crippen LogP contribution >= 0.6 is 11.6 Å². The molecule has 2 heterocycles. The van der Waals surface area contributed by atoms with E-state index in [4.69, 9.17) is 11.6 Å². The van der Waals surface area contributed by atoms with Crippen molar-refractivity contribution in [2.75, 3.05) is 23.7 Å². The summed E-state index contributed by atoms with van der Waals surface area (Å²) < 4.78 is 23.6. The van der Waals surface area contributed by atoms with E-state index in [9.17, 15) is 8.42 Å². The van der Waals surface area contributed by atoms with E-state index in [1.54, 1.807) is 6.92 Å². The minimum atomic E-state index is -2.95. The van der Waals surface area contributed by atoms with Crippen LogP contribution in [-0.2, 0) is 9.84 Å². The van der Waals surface area contributed by atoms with Gasteiger partial charge in [-0.05, 0) is 37.6 Å². The zero-order valence-electron chi connectivity index (χ0n) is 12.0. The Morgan fingerprint density at radius 1 is 1.29 bits per heavy atom. The lowest BCUT2D eigenvalue weighted by Crippen LogP contribution is -2.45. The summed E-state index contributed by atoms with van der Waals surface area (Å²) in [4.78, 5) is 6.72. The molecule has 0 amide bonds. The summed E-state index contributed by atoms with van der Waals surface area (Å²) in [5, 5.41) is 1.38. The zero-order chi connectivity index (χ0) is 15.2. The van der Waals surface area contributed by atoms with E-state index < -0.39 is 9.84 Å². The molecule has 21 heavy (non-hydrogen) atoms. The predicted molar refractivity (Wildman–Crippen MR) is 87.0 cm³/mol. The number of rotatable bonds is 1. The molecule has 112 valence electrons. The second-order valence-corrected chi connectivity index (χ2v) is 8.48. The van der Waals surface area contributed by atoms with Gasteiger partial charge in [-0.3, -0.25) is 0 Å². The normalized spacial score (nSPS) is 21.7. The van der Waals surface area contributed by atoms with Crippen molar-refractivity contribution in [3.8, 4) is 0 Å². The summed E-state index contributed by atoms with van der Waals surface area (Å²) in [6.07, 6.45) is 0. The molecule has 4 nitrogen and oxygen atoms in total. The molecule has 2 aromatic rings. The van der Waals surface area contributed by atoms with Gasteiger partial charge in [0.2, 0.25) is 0 Å². The second kappa shape index (κ2) is 5.14. The molecule has 0 spiro atoms. The molecule has 3 rings (SSSR count). The Morgan fingerprint density at radius 3 is 2.71 bits per heavy atom. The van der Waals surface area contributed by atoms with Crippen molar-refractivity contribution in [3.63, 3.8) is 0 Å². The van der Waals surface area contributed by atoms with E-state index in [0.29, 0.717) is 18.1 Å². The zero-order valence-corrected chi connectivity index (χ0v) is 13.6. The van der Waals surface area contributed by atoms with Crippen molar-refractivity contribution in [2.45, 2.75) is 19.1 Å². The molecule has 0 N–H and O–H groups in total. The van der Waals surface area contributed by atoms with Gasteiger partial charge in [0.05, 0.1) is 16.5 Å². The molecule has 6 heteroatoms. The number of halogens is 1. The second-order valence-electron chi connectivity index (χ2n) is 5.54. The summed E-state index contributed by atoms with van der Waals surface area (Å²) in [7, 11) is -2.95. The largest absolute Gasteiger partial charge is 0.354 e. The smallest absolute Gasteiger partial charge is 0.156 e. The van der Waals surface area contributed by atoms with Crippen LogP contribution < -0.4 is 4.90 Å². The number of sulfone groups is 1. The quantitative estimate of drug-likeness (QED) is 0.809. The minimum absolute atomic E-state index is 0.183. The molecular formula is C15H17ClN2O2S. The van der Waals surface area contributed by atoms with Gasteiger partial charge in [0, 0.05) is 23.5 Å². The molecule has 0 aliphatic carbocycles. The lowest BCUT2D eigenvalue weighted by Gasteiger charge is -2.31. The Hall–Kier alpha value is -1.33. The van der Waals surface area contributed by atoms with Crippen LogP contribution in [0, 0.1) is 6.92 Å². The molecule has 1 aliphatic heterocycles. The molecule has 1 fully saturated rings. The summed E-state index contributed by atoms with van der Waals surface area (Å²) >= 11 is 6.15. The minimum Gasteiger partial charge on any atom is -0.354 e. The standard InChI is InChI=1S/C15H17ClN2O2S/c1-10-9-18(7-8-21(10,19)20)14-6-4-12-3-5-13(16)11(2)15(12)17-14/h3-6,10H,7-9H2,1-2H3. The van der Waals surface area contributed by atoms with Crippen LogP contribution in [0.1, 0.15) is 12.5 Å². The number of hydrogen-bond acceptors (Lipinski definition) is 4. The third kappa shape index (κ3) is 2.60. The summed E-state index contributed by atoms with van der Waals surface area (Å²) in [6, 6.07) is 7.77. The number of hydrogen-bond donors (Lipinski definition) is 0. The average Bonchev–Trinajstić information content (AvgIpc) is 2.46. The van der Waals surface area contributed by atoms with Crippen LogP contribution in [0.25, 0.3) is 10.9 Å². The van der Waals surface area contributed by atoms with Crippen molar-refractivity contribution in [3.05, 3.63) is 34.9 Å². The molecule has 0 bridgehead atoms. The number of aromatic nitrogens is 1. The summed E-state index contributed by atoms with van der Waals surface area (Å²) in [6.45, 7) is 4.68. The van der Waals surface area contributed by atoms with Gasteiger partial charge < -0.3 is 4.90 Å². The highest BCUT2D eigenvalue weighted by Gasteiger charge is 2.29. The van der Waals surface area contributed by atoms with Crippen molar-refractivity contribution in [2.24, 2.45) is 0 Å². The van der Waals surface area contributed by atoms with E-state index in [2.05, 4.69) is 4.98 Å². The van der Waals surface area contributed by atoms with E-state index in [0.717, 1.165) is 22.3 Å². The number of pyridine rings is 1. The molecule has 0 saturated carbocycles. The predicted octanol–water partition coefficient (Wildman–Crippen LogP) is 2.82. The number of anilines is 1. The van der Waals surface area contributed by atoms with Crippen molar-refractivity contribution < 1.29 is 8.42 Å². The van der Waals surface area contributed by atoms with Crippen molar-refractivity contribution in [1.82, 2.24) is 4.98 Å². The lowest BCUT2D eigenvalue weighted by atomic mass is 10.1. The van der Waals surface area contributed by atoms with Crippen molar-refractivity contribution >= 4 is 38.2 Å². The lowest BCUT2D eigenvalue weighted by molar-refractivity contribution is 0.568. The van der Waals surface area contributed by atoms with Gasteiger partial charge in [-0.25, -0.2) is 13.4 Å².